The fourth-order valence-corrected chi connectivity index (χ4v) is 2.61. The van der Waals surface area contributed by atoms with Crippen LogP contribution >= 0.6 is 0 Å². The van der Waals surface area contributed by atoms with E-state index in [1.54, 1.807) is 51.9 Å². The zero-order chi connectivity index (χ0) is 18.5. The molecule has 7 nitrogen and oxygen atoms in total. The second kappa shape index (κ2) is 7.69. The Hall–Kier alpha value is -3.35. The Bertz CT molecular complexity index is 929. The molecule has 0 unspecified atom stereocenters. The zero-order valence-corrected chi connectivity index (χ0v) is 14.8. The Morgan fingerprint density at radius 2 is 1.58 bits per heavy atom. The lowest BCUT2D eigenvalue weighted by Crippen LogP contribution is -2.22. The van der Waals surface area contributed by atoms with Crippen LogP contribution in [0.5, 0.6) is 17.2 Å². The van der Waals surface area contributed by atoms with Crippen molar-refractivity contribution in [3.8, 4) is 28.5 Å². The van der Waals surface area contributed by atoms with Gasteiger partial charge in [-0.05, 0) is 35.9 Å². The topological polar surface area (TPSA) is 75.5 Å². The van der Waals surface area contributed by atoms with Crippen molar-refractivity contribution in [2.45, 2.75) is 6.54 Å². The molecule has 0 aliphatic heterocycles. The van der Waals surface area contributed by atoms with Crippen LogP contribution in [0.3, 0.4) is 0 Å². The number of rotatable bonds is 6. The van der Waals surface area contributed by atoms with Crippen molar-refractivity contribution >= 4 is 0 Å². The lowest BCUT2D eigenvalue weighted by molar-refractivity contribution is 0.324. The van der Waals surface area contributed by atoms with Crippen LogP contribution in [0.4, 0.5) is 0 Å². The first-order chi connectivity index (χ1) is 12.7. The van der Waals surface area contributed by atoms with Crippen molar-refractivity contribution in [2.75, 3.05) is 21.3 Å². The first kappa shape index (κ1) is 17.5. The summed E-state index contributed by atoms with van der Waals surface area (Å²) >= 11 is 0. The smallest absolute Gasteiger partial charge is 0.267 e. The molecule has 7 heteroatoms. The highest BCUT2D eigenvalue weighted by Gasteiger charge is 2.15. The number of methoxy groups -OCH3 is 3. The SMILES string of the molecule is COc1cc(-c2ccc(=O)n(Cc3ccncc3)n2)cc(OC)c1OC. The first-order valence-electron chi connectivity index (χ1n) is 7.93. The minimum absolute atomic E-state index is 0.182. The molecule has 0 N–H and O–H groups in total. The third kappa shape index (κ3) is 3.51. The van der Waals surface area contributed by atoms with Gasteiger partial charge in [-0.15, -0.1) is 0 Å². The molecule has 0 atom stereocenters. The summed E-state index contributed by atoms with van der Waals surface area (Å²) in [6.07, 6.45) is 3.37. The molecule has 0 aliphatic carbocycles. The van der Waals surface area contributed by atoms with Crippen LogP contribution in [0.2, 0.25) is 0 Å². The molecule has 0 radical (unpaired) electrons. The number of hydrogen-bond acceptors (Lipinski definition) is 6. The van der Waals surface area contributed by atoms with E-state index in [0.29, 0.717) is 29.5 Å². The minimum atomic E-state index is -0.182. The molecule has 3 aromatic rings. The predicted molar refractivity (Wildman–Crippen MR) is 96.9 cm³/mol. The second-order valence-corrected chi connectivity index (χ2v) is 5.48. The normalized spacial score (nSPS) is 10.4. The monoisotopic (exact) mass is 353 g/mol. The van der Waals surface area contributed by atoms with Gasteiger partial charge in [0.1, 0.15) is 0 Å². The molecule has 0 saturated carbocycles. The molecule has 0 amide bonds. The van der Waals surface area contributed by atoms with Gasteiger partial charge in [0.2, 0.25) is 5.75 Å². The van der Waals surface area contributed by atoms with Crippen LogP contribution in [-0.2, 0) is 6.54 Å². The number of nitrogens with zero attached hydrogens (tertiary/aromatic N) is 3. The van der Waals surface area contributed by atoms with E-state index < -0.39 is 0 Å². The van der Waals surface area contributed by atoms with Crippen LogP contribution < -0.4 is 19.8 Å². The highest BCUT2D eigenvalue weighted by molar-refractivity contribution is 5.68. The van der Waals surface area contributed by atoms with Gasteiger partial charge in [0.15, 0.2) is 11.5 Å². The maximum absolute atomic E-state index is 12.2. The highest BCUT2D eigenvalue weighted by atomic mass is 16.5. The third-order valence-electron chi connectivity index (χ3n) is 3.91. The van der Waals surface area contributed by atoms with E-state index in [4.69, 9.17) is 14.2 Å². The van der Waals surface area contributed by atoms with Crippen LogP contribution in [0.25, 0.3) is 11.3 Å². The minimum Gasteiger partial charge on any atom is -0.493 e. The standard InChI is InChI=1S/C19H19N3O4/c1-24-16-10-14(11-17(25-2)19(16)26-3)15-4-5-18(23)22(21-15)12-13-6-8-20-9-7-13/h4-11H,12H2,1-3H3. The van der Waals surface area contributed by atoms with Crippen molar-refractivity contribution in [1.29, 1.82) is 0 Å². The van der Waals surface area contributed by atoms with Gasteiger partial charge in [-0.25, -0.2) is 4.68 Å². The summed E-state index contributed by atoms with van der Waals surface area (Å²) < 4.78 is 17.5. The third-order valence-corrected chi connectivity index (χ3v) is 3.91. The molecule has 2 aromatic heterocycles. The Balaban J connectivity index is 2.05. The van der Waals surface area contributed by atoms with Gasteiger partial charge in [0, 0.05) is 24.0 Å². The summed E-state index contributed by atoms with van der Waals surface area (Å²) in [4.78, 5) is 16.2. The van der Waals surface area contributed by atoms with Crippen molar-refractivity contribution < 1.29 is 14.2 Å². The van der Waals surface area contributed by atoms with E-state index in [9.17, 15) is 4.79 Å². The van der Waals surface area contributed by atoms with Gasteiger partial charge in [-0.1, -0.05) is 0 Å². The van der Waals surface area contributed by atoms with E-state index in [1.165, 1.54) is 10.7 Å². The van der Waals surface area contributed by atoms with E-state index >= 15 is 0 Å². The number of benzene rings is 1. The summed E-state index contributed by atoms with van der Waals surface area (Å²) in [5.41, 5.74) is 2.13. The molecular formula is C19H19N3O4. The molecule has 0 aliphatic rings. The van der Waals surface area contributed by atoms with Gasteiger partial charge in [-0.2, -0.15) is 5.10 Å². The summed E-state index contributed by atoms with van der Waals surface area (Å²) in [5.74, 6) is 1.55. The molecule has 0 saturated heterocycles. The van der Waals surface area contributed by atoms with E-state index in [2.05, 4.69) is 10.1 Å². The summed E-state index contributed by atoms with van der Waals surface area (Å²) in [6.45, 7) is 0.361. The molecule has 0 spiro atoms. The molecular weight excluding hydrogens is 334 g/mol. The largest absolute Gasteiger partial charge is 0.493 e. The fraction of sp³-hybridized carbons (Fsp3) is 0.211. The predicted octanol–water partition coefficient (Wildman–Crippen LogP) is 2.38. The fourth-order valence-electron chi connectivity index (χ4n) is 2.61. The number of aromatic nitrogens is 3. The van der Waals surface area contributed by atoms with Crippen LogP contribution in [0.1, 0.15) is 5.56 Å². The first-order valence-corrected chi connectivity index (χ1v) is 7.93. The lowest BCUT2D eigenvalue weighted by Gasteiger charge is -2.14. The van der Waals surface area contributed by atoms with Gasteiger partial charge < -0.3 is 14.2 Å². The van der Waals surface area contributed by atoms with E-state index in [-0.39, 0.29) is 5.56 Å². The molecule has 2 heterocycles. The average Bonchev–Trinajstić information content (AvgIpc) is 2.69. The Labute approximate surface area is 150 Å². The van der Waals surface area contributed by atoms with Crippen LogP contribution in [0.15, 0.2) is 53.6 Å². The van der Waals surface area contributed by atoms with Gasteiger partial charge in [0.25, 0.3) is 5.56 Å². The molecule has 0 fully saturated rings. The quantitative estimate of drug-likeness (QED) is 0.677. The Kier molecular flexibility index (Phi) is 5.17. The molecule has 3 rings (SSSR count). The molecule has 134 valence electrons. The van der Waals surface area contributed by atoms with Crippen molar-refractivity contribution in [3.05, 3.63) is 64.7 Å². The molecule has 26 heavy (non-hydrogen) atoms. The number of pyridine rings is 1. The Morgan fingerprint density at radius 3 is 2.15 bits per heavy atom. The van der Waals surface area contributed by atoms with E-state index in [0.717, 1.165) is 11.1 Å². The maximum Gasteiger partial charge on any atom is 0.267 e. The van der Waals surface area contributed by atoms with Crippen LogP contribution in [-0.4, -0.2) is 36.1 Å². The Morgan fingerprint density at radius 1 is 0.923 bits per heavy atom. The highest BCUT2D eigenvalue weighted by Crippen LogP contribution is 2.40. The number of hydrogen-bond donors (Lipinski definition) is 0. The maximum atomic E-state index is 12.2. The van der Waals surface area contributed by atoms with Gasteiger partial charge in [0.05, 0.1) is 33.6 Å². The summed E-state index contributed by atoms with van der Waals surface area (Å²) in [5, 5.41) is 4.48. The van der Waals surface area contributed by atoms with E-state index in [1.807, 2.05) is 12.1 Å². The molecule has 0 bridgehead atoms. The van der Waals surface area contributed by atoms with Crippen molar-refractivity contribution in [1.82, 2.24) is 14.8 Å². The lowest BCUT2D eigenvalue weighted by atomic mass is 10.1. The average molecular weight is 353 g/mol. The molecule has 1 aromatic carbocycles. The second-order valence-electron chi connectivity index (χ2n) is 5.48. The number of ether oxygens (including phenoxy) is 3. The summed E-state index contributed by atoms with van der Waals surface area (Å²) in [6, 6.07) is 10.5. The van der Waals surface area contributed by atoms with Gasteiger partial charge >= 0.3 is 0 Å². The van der Waals surface area contributed by atoms with Crippen molar-refractivity contribution in [3.63, 3.8) is 0 Å². The zero-order valence-electron chi connectivity index (χ0n) is 14.8. The van der Waals surface area contributed by atoms with Crippen LogP contribution in [0, 0.1) is 0 Å². The summed E-state index contributed by atoms with van der Waals surface area (Å²) in [7, 11) is 4.66. The van der Waals surface area contributed by atoms with Crippen molar-refractivity contribution in [2.24, 2.45) is 0 Å². The van der Waals surface area contributed by atoms with Gasteiger partial charge in [-0.3, -0.25) is 9.78 Å².